The van der Waals surface area contributed by atoms with Gasteiger partial charge in [0.05, 0.1) is 10.9 Å². The van der Waals surface area contributed by atoms with Gasteiger partial charge in [0.2, 0.25) is 0 Å². The number of nitrogens with one attached hydrogen (secondary N) is 1. The van der Waals surface area contributed by atoms with E-state index in [1.807, 2.05) is 0 Å². The zero-order valence-electron chi connectivity index (χ0n) is 9.06. The highest BCUT2D eigenvalue weighted by Crippen LogP contribution is 2.15. The van der Waals surface area contributed by atoms with Gasteiger partial charge in [-0.2, -0.15) is 0 Å². The molecule has 0 fully saturated rings. The molecular formula is C9H15N3O2S. The molecule has 0 spiro atoms. The Morgan fingerprint density at radius 1 is 1.40 bits per heavy atom. The van der Waals surface area contributed by atoms with Crippen molar-refractivity contribution in [1.82, 2.24) is 9.97 Å². The van der Waals surface area contributed by atoms with Crippen LogP contribution in [0.2, 0.25) is 0 Å². The molecule has 0 aliphatic carbocycles. The molecule has 0 saturated heterocycles. The molecule has 84 valence electrons. The van der Waals surface area contributed by atoms with E-state index in [-0.39, 0.29) is 0 Å². The fourth-order valence-electron chi connectivity index (χ4n) is 0.825. The van der Waals surface area contributed by atoms with E-state index in [9.17, 15) is 8.42 Å². The Morgan fingerprint density at radius 3 is 2.53 bits per heavy atom. The molecule has 6 heteroatoms. The Labute approximate surface area is 89.9 Å². The number of aromatic nitrogens is 2. The van der Waals surface area contributed by atoms with Gasteiger partial charge in [-0.3, -0.25) is 4.98 Å². The van der Waals surface area contributed by atoms with E-state index in [0.717, 1.165) is 0 Å². The standard InChI is InChI=1S/C9H15N3O2S/c1-9(2,15(3,13)14)7-12-8-6-10-4-5-11-8/h4-6H,7H2,1-3H3,(H,11,12). The second-order valence-corrected chi connectivity index (χ2v) is 6.63. The molecule has 0 unspecified atom stereocenters. The highest BCUT2D eigenvalue weighted by atomic mass is 32.2. The van der Waals surface area contributed by atoms with Crippen molar-refractivity contribution in [3.63, 3.8) is 0 Å². The van der Waals surface area contributed by atoms with Gasteiger partial charge >= 0.3 is 0 Å². The molecule has 0 aliphatic heterocycles. The van der Waals surface area contributed by atoms with Crippen LogP contribution in [-0.4, -0.2) is 35.9 Å². The first-order valence-electron chi connectivity index (χ1n) is 4.52. The predicted octanol–water partition coefficient (Wildman–Crippen LogP) is 0.712. The largest absolute Gasteiger partial charge is 0.367 e. The molecule has 5 nitrogen and oxygen atoms in total. The fraction of sp³-hybridized carbons (Fsp3) is 0.556. The van der Waals surface area contributed by atoms with Gasteiger partial charge in [0.15, 0.2) is 9.84 Å². The van der Waals surface area contributed by atoms with Crippen LogP contribution in [0.15, 0.2) is 18.6 Å². The van der Waals surface area contributed by atoms with E-state index in [1.54, 1.807) is 32.4 Å². The average molecular weight is 229 g/mol. The number of hydrogen-bond donors (Lipinski definition) is 1. The minimum atomic E-state index is -3.08. The minimum Gasteiger partial charge on any atom is -0.367 e. The summed E-state index contributed by atoms with van der Waals surface area (Å²) in [5, 5.41) is 2.94. The lowest BCUT2D eigenvalue weighted by atomic mass is 10.2. The van der Waals surface area contributed by atoms with Crippen molar-refractivity contribution in [2.24, 2.45) is 0 Å². The quantitative estimate of drug-likeness (QED) is 0.823. The summed E-state index contributed by atoms with van der Waals surface area (Å²) in [5.74, 6) is 0.578. The van der Waals surface area contributed by atoms with Crippen LogP contribution in [0.4, 0.5) is 5.82 Å². The van der Waals surface area contributed by atoms with E-state index in [4.69, 9.17) is 0 Å². The van der Waals surface area contributed by atoms with E-state index in [1.165, 1.54) is 6.26 Å². The Balaban J connectivity index is 2.66. The van der Waals surface area contributed by atoms with Gasteiger partial charge in [-0.1, -0.05) is 0 Å². The molecule has 0 radical (unpaired) electrons. The molecule has 0 saturated carbocycles. The lowest BCUT2D eigenvalue weighted by molar-refractivity contribution is 0.559. The molecule has 0 aliphatic rings. The van der Waals surface area contributed by atoms with Crippen molar-refractivity contribution in [2.45, 2.75) is 18.6 Å². The maximum Gasteiger partial charge on any atom is 0.154 e. The summed E-state index contributed by atoms with van der Waals surface area (Å²) in [6.45, 7) is 3.65. The molecule has 0 aromatic carbocycles. The Bertz CT molecular complexity index is 414. The van der Waals surface area contributed by atoms with Gasteiger partial charge in [0.25, 0.3) is 0 Å². The summed E-state index contributed by atoms with van der Waals surface area (Å²) in [4.78, 5) is 7.87. The third-order valence-corrected chi connectivity index (χ3v) is 4.41. The van der Waals surface area contributed by atoms with E-state index in [0.29, 0.717) is 12.4 Å². The highest BCUT2D eigenvalue weighted by Gasteiger charge is 2.29. The summed E-state index contributed by atoms with van der Waals surface area (Å²) < 4.78 is 22.0. The van der Waals surface area contributed by atoms with Gasteiger partial charge in [-0.25, -0.2) is 13.4 Å². The van der Waals surface area contributed by atoms with Crippen LogP contribution in [0.25, 0.3) is 0 Å². The normalized spacial score (nSPS) is 12.5. The second kappa shape index (κ2) is 4.14. The molecule has 1 aromatic rings. The summed E-state index contributed by atoms with van der Waals surface area (Å²) in [7, 11) is -3.08. The number of anilines is 1. The fourth-order valence-corrected chi connectivity index (χ4v) is 1.16. The summed E-state index contributed by atoms with van der Waals surface area (Å²) in [6, 6.07) is 0. The van der Waals surface area contributed by atoms with Crippen LogP contribution in [0, 0.1) is 0 Å². The summed E-state index contributed by atoms with van der Waals surface area (Å²) in [5.41, 5.74) is 0. The molecule has 1 aromatic heterocycles. The highest BCUT2D eigenvalue weighted by molar-refractivity contribution is 7.92. The predicted molar refractivity (Wildman–Crippen MR) is 59.4 cm³/mol. The van der Waals surface area contributed by atoms with Crippen LogP contribution < -0.4 is 5.32 Å². The van der Waals surface area contributed by atoms with Crippen LogP contribution in [0.3, 0.4) is 0 Å². The van der Waals surface area contributed by atoms with Crippen LogP contribution in [0.5, 0.6) is 0 Å². The monoisotopic (exact) mass is 229 g/mol. The summed E-state index contributed by atoms with van der Waals surface area (Å²) >= 11 is 0. The second-order valence-electron chi connectivity index (χ2n) is 3.98. The van der Waals surface area contributed by atoms with Crippen molar-refractivity contribution in [3.05, 3.63) is 18.6 Å². The first kappa shape index (κ1) is 11.9. The van der Waals surface area contributed by atoms with Crippen LogP contribution in [0.1, 0.15) is 13.8 Å². The Morgan fingerprint density at radius 2 is 2.07 bits per heavy atom. The van der Waals surface area contributed by atoms with Crippen LogP contribution >= 0.6 is 0 Å². The van der Waals surface area contributed by atoms with Gasteiger partial charge in [-0.15, -0.1) is 0 Å². The van der Waals surface area contributed by atoms with Gasteiger partial charge < -0.3 is 5.32 Å². The molecule has 15 heavy (non-hydrogen) atoms. The molecule has 0 atom stereocenters. The molecule has 0 bridgehead atoms. The first-order chi connectivity index (χ1) is 6.83. The van der Waals surface area contributed by atoms with Gasteiger partial charge in [-0.05, 0) is 13.8 Å². The third-order valence-electron chi connectivity index (χ3n) is 2.26. The van der Waals surface area contributed by atoms with Crippen molar-refractivity contribution in [1.29, 1.82) is 0 Å². The maximum atomic E-state index is 11.4. The third kappa shape index (κ3) is 3.16. The van der Waals surface area contributed by atoms with Crippen molar-refractivity contribution >= 4 is 15.7 Å². The number of rotatable bonds is 4. The zero-order chi connectivity index (χ0) is 11.5. The average Bonchev–Trinajstić information content (AvgIpc) is 2.15. The van der Waals surface area contributed by atoms with Gasteiger partial charge in [0, 0.05) is 25.2 Å². The van der Waals surface area contributed by atoms with Gasteiger partial charge in [0.1, 0.15) is 5.82 Å². The smallest absolute Gasteiger partial charge is 0.154 e. The summed E-state index contributed by atoms with van der Waals surface area (Å²) in [6.07, 6.45) is 5.90. The first-order valence-corrected chi connectivity index (χ1v) is 6.41. The lowest BCUT2D eigenvalue weighted by Gasteiger charge is -2.22. The molecular weight excluding hydrogens is 214 g/mol. The van der Waals surface area contributed by atoms with E-state index < -0.39 is 14.6 Å². The zero-order valence-corrected chi connectivity index (χ0v) is 9.87. The molecule has 1 N–H and O–H groups in total. The SMILES string of the molecule is CC(C)(CNc1cnccn1)S(C)(=O)=O. The Hall–Kier alpha value is -1.17. The van der Waals surface area contributed by atoms with Crippen LogP contribution in [-0.2, 0) is 9.84 Å². The van der Waals surface area contributed by atoms with Crippen molar-refractivity contribution < 1.29 is 8.42 Å². The Kier molecular flexibility index (Phi) is 3.28. The molecule has 1 rings (SSSR count). The van der Waals surface area contributed by atoms with Crippen molar-refractivity contribution in [2.75, 3.05) is 18.1 Å². The minimum absolute atomic E-state index is 0.310. The van der Waals surface area contributed by atoms with Crippen molar-refractivity contribution in [3.8, 4) is 0 Å². The van der Waals surface area contributed by atoms with E-state index in [2.05, 4.69) is 15.3 Å². The topological polar surface area (TPSA) is 72.0 Å². The molecule has 0 amide bonds. The molecule has 1 heterocycles. The number of nitrogens with zero attached hydrogens (tertiary/aromatic N) is 2. The number of sulfone groups is 1. The van der Waals surface area contributed by atoms with E-state index >= 15 is 0 Å². The number of hydrogen-bond acceptors (Lipinski definition) is 5. The lowest BCUT2D eigenvalue weighted by Crippen LogP contribution is -2.38. The maximum absolute atomic E-state index is 11.4.